The van der Waals surface area contributed by atoms with Crippen molar-refractivity contribution in [1.82, 2.24) is 15.1 Å². The molecule has 0 atom stereocenters. The van der Waals surface area contributed by atoms with Gasteiger partial charge >= 0.3 is 0 Å². The van der Waals surface area contributed by atoms with Crippen molar-refractivity contribution in [2.45, 2.75) is 25.3 Å². The first-order valence-electron chi connectivity index (χ1n) is 8.61. The van der Waals surface area contributed by atoms with Crippen LogP contribution in [0.15, 0.2) is 24.3 Å². The predicted octanol–water partition coefficient (Wildman–Crippen LogP) is 2.70. The van der Waals surface area contributed by atoms with Crippen LogP contribution in [0.4, 0.5) is 5.13 Å². The molecule has 1 aromatic carbocycles. The highest BCUT2D eigenvalue weighted by Crippen LogP contribution is 2.22. The van der Waals surface area contributed by atoms with Gasteiger partial charge in [-0.25, -0.2) is 8.42 Å². The van der Waals surface area contributed by atoms with Crippen molar-refractivity contribution >= 4 is 37.9 Å². The average molecular weight is 415 g/mol. The summed E-state index contributed by atoms with van der Waals surface area (Å²) in [6, 6.07) is 8.14. The number of likely N-dealkylation sites (tertiary alicyclic amines) is 1. The van der Waals surface area contributed by atoms with Crippen LogP contribution < -0.4 is 5.32 Å². The maximum atomic E-state index is 11.3. The Kier molecular flexibility index (Phi) is 6.50. The highest BCUT2D eigenvalue weighted by Gasteiger charge is 2.21. The van der Waals surface area contributed by atoms with Gasteiger partial charge in [0.05, 0.1) is 5.75 Å². The van der Waals surface area contributed by atoms with E-state index in [4.69, 9.17) is 11.6 Å². The minimum absolute atomic E-state index is 0.232. The van der Waals surface area contributed by atoms with Crippen LogP contribution in [-0.4, -0.2) is 61.2 Å². The van der Waals surface area contributed by atoms with Crippen molar-refractivity contribution in [2.24, 2.45) is 0 Å². The van der Waals surface area contributed by atoms with E-state index in [0.717, 1.165) is 53.1 Å². The smallest absolute Gasteiger partial charge is 0.205 e. The molecule has 0 radical (unpaired) electrons. The zero-order chi connectivity index (χ0) is 18.6. The molecule has 2 aromatic rings. The lowest BCUT2D eigenvalue weighted by atomic mass is 10.1. The summed E-state index contributed by atoms with van der Waals surface area (Å²) in [7, 11) is -2.89. The zero-order valence-electron chi connectivity index (χ0n) is 14.7. The number of sulfone groups is 1. The van der Waals surface area contributed by atoms with Crippen LogP contribution in [-0.2, 0) is 16.3 Å². The molecular weight excluding hydrogens is 392 g/mol. The van der Waals surface area contributed by atoms with E-state index in [1.807, 2.05) is 24.3 Å². The molecule has 2 heterocycles. The number of hydrogen-bond donors (Lipinski definition) is 1. The summed E-state index contributed by atoms with van der Waals surface area (Å²) >= 11 is 7.49. The molecule has 0 amide bonds. The van der Waals surface area contributed by atoms with Gasteiger partial charge in [0.25, 0.3) is 0 Å². The Morgan fingerprint density at radius 3 is 2.58 bits per heavy atom. The molecule has 1 fully saturated rings. The molecule has 1 aliphatic heterocycles. The molecule has 1 aliphatic rings. The number of hydrogen-bond acceptors (Lipinski definition) is 7. The number of aromatic nitrogens is 2. The fourth-order valence-corrected chi connectivity index (χ4v) is 4.50. The lowest BCUT2D eigenvalue weighted by molar-refractivity contribution is 0.230. The SMILES string of the molecule is CS(=O)(=O)CCN1CCC(Nc2nnc(Cc3ccc(Cl)cc3)s2)CC1. The van der Waals surface area contributed by atoms with Gasteiger partial charge in [0.15, 0.2) is 0 Å². The maximum absolute atomic E-state index is 11.3. The number of nitrogens with one attached hydrogen (secondary N) is 1. The topological polar surface area (TPSA) is 75.2 Å². The second-order valence-corrected chi connectivity index (χ2v) is 10.5. The van der Waals surface area contributed by atoms with E-state index in [-0.39, 0.29) is 5.75 Å². The van der Waals surface area contributed by atoms with Crippen molar-refractivity contribution in [3.8, 4) is 0 Å². The molecule has 3 rings (SSSR count). The first-order valence-corrected chi connectivity index (χ1v) is 11.9. The van der Waals surface area contributed by atoms with Crippen LogP contribution in [0.5, 0.6) is 0 Å². The third-order valence-electron chi connectivity index (χ3n) is 4.43. The first kappa shape index (κ1) is 19.5. The minimum Gasteiger partial charge on any atom is -0.357 e. The molecule has 142 valence electrons. The third-order valence-corrected chi connectivity index (χ3v) is 6.46. The van der Waals surface area contributed by atoms with Gasteiger partial charge in [-0.05, 0) is 30.5 Å². The Morgan fingerprint density at radius 2 is 1.92 bits per heavy atom. The third kappa shape index (κ3) is 6.19. The van der Waals surface area contributed by atoms with Crippen molar-refractivity contribution < 1.29 is 8.42 Å². The fraction of sp³-hybridized carbons (Fsp3) is 0.529. The molecule has 0 saturated carbocycles. The van der Waals surface area contributed by atoms with Gasteiger partial charge in [-0.2, -0.15) is 0 Å². The molecule has 1 saturated heterocycles. The van der Waals surface area contributed by atoms with Crippen LogP contribution in [0.25, 0.3) is 0 Å². The largest absolute Gasteiger partial charge is 0.357 e. The standard InChI is InChI=1S/C17H23ClN4O2S2/c1-26(23,24)11-10-22-8-6-15(7-9-22)19-17-21-20-16(25-17)12-13-2-4-14(18)5-3-13/h2-5,15H,6-12H2,1H3,(H,19,21). The van der Waals surface area contributed by atoms with Gasteiger partial charge in [0, 0.05) is 43.4 Å². The summed E-state index contributed by atoms with van der Waals surface area (Å²) in [5.74, 6) is 0.232. The summed E-state index contributed by atoms with van der Waals surface area (Å²) in [6.07, 6.45) is 4.00. The molecule has 1 aromatic heterocycles. The van der Waals surface area contributed by atoms with Gasteiger partial charge < -0.3 is 10.2 Å². The molecule has 0 unspecified atom stereocenters. The lowest BCUT2D eigenvalue weighted by Crippen LogP contribution is -2.41. The van der Waals surface area contributed by atoms with Crippen molar-refractivity contribution in [3.63, 3.8) is 0 Å². The van der Waals surface area contributed by atoms with Crippen LogP contribution in [0.3, 0.4) is 0 Å². The highest BCUT2D eigenvalue weighted by molar-refractivity contribution is 7.90. The summed E-state index contributed by atoms with van der Waals surface area (Å²) in [5.41, 5.74) is 1.16. The number of anilines is 1. The summed E-state index contributed by atoms with van der Waals surface area (Å²) in [5, 5.41) is 14.5. The highest BCUT2D eigenvalue weighted by atomic mass is 35.5. The molecule has 0 spiro atoms. The van der Waals surface area contributed by atoms with Crippen molar-refractivity contribution in [1.29, 1.82) is 0 Å². The van der Waals surface area contributed by atoms with Crippen molar-refractivity contribution in [3.05, 3.63) is 39.9 Å². The Balaban J connectivity index is 1.45. The quantitative estimate of drug-likeness (QED) is 0.750. The summed E-state index contributed by atoms with van der Waals surface area (Å²) < 4.78 is 22.5. The zero-order valence-corrected chi connectivity index (χ0v) is 17.1. The van der Waals surface area contributed by atoms with Gasteiger partial charge in [0.1, 0.15) is 14.8 Å². The van der Waals surface area contributed by atoms with Crippen LogP contribution in [0.2, 0.25) is 5.02 Å². The second kappa shape index (κ2) is 8.65. The molecule has 0 aliphatic carbocycles. The average Bonchev–Trinajstić information content (AvgIpc) is 3.03. The normalized spacial score (nSPS) is 16.7. The molecule has 0 bridgehead atoms. The van der Waals surface area contributed by atoms with E-state index in [9.17, 15) is 8.42 Å². The van der Waals surface area contributed by atoms with Gasteiger partial charge in [0.2, 0.25) is 5.13 Å². The molecule has 26 heavy (non-hydrogen) atoms. The number of nitrogens with zero attached hydrogens (tertiary/aromatic N) is 3. The van der Waals surface area contributed by atoms with Crippen molar-refractivity contribution in [2.75, 3.05) is 37.0 Å². The number of piperidine rings is 1. The Hall–Kier alpha value is -1.22. The number of halogens is 1. The Morgan fingerprint density at radius 1 is 1.23 bits per heavy atom. The molecule has 1 N–H and O–H groups in total. The van der Waals surface area contributed by atoms with Crippen LogP contribution in [0.1, 0.15) is 23.4 Å². The molecular formula is C17H23ClN4O2S2. The monoisotopic (exact) mass is 414 g/mol. The molecule has 6 nitrogen and oxygen atoms in total. The van der Waals surface area contributed by atoms with Gasteiger partial charge in [-0.15, -0.1) is 10.2 Å². The predicted molar refractivity (Wildman–Crippen MR) is 107 cm³/mol. The molecule has 9 heteroatoms. The van der Waals surface area contributed by atoms with E-state index in [0.29, 0.717) is 12.6 Å². The van der Waals surface area contributed by atoms with E-state index in [1.54, 1.807) is 11.3 Å². The second-order valence-electron chi connectivity index (χ2n) is 6.69. The van der Waals surface area contributed by atoms with E-state index >= 15 is 0 Å². The van der Waals surface area contributed by atoms with E-state index in [2.05, 4.69) is 20.4 Å². The van der Waals surface area contributed by atoms with E-state index in [1.165, 1.54) is 6.26 Å². The number of benzene rings is 1. The minimum atomic E-state index is -2.89. The lowest BCUT2D eigenvalue weighted by Gasteiger charge is -2.31. The maximum Gasteiger partial charge on any atom is 0.205 e. The Bertz CT molecular complexity index is 816. The number of rotatable bonds is 7. The van der Waals surface area contributed by atoms with Gasteiger partial charge in [-0.3, -0.25) is 0 Å². The van der Waals surface area contributed by atoms with E-state index < -0.39 is 9.84 Å². The summed E-state index contributed by atoms with van der Waals surface area (Å²) in [6.45, 7) is 2.43. The fourth-order valence-electron chi connectivity index (χ4n) is 2.93. The van der Waals surface area contributed by atoms with Crippen LogP contribution in [0, 0.1) is 0 Å². The summed E-state index contributed by atoms with van der Waals surface area (Å²) in [4.78, 5) is 2.21. The van der Waals surface area contributed by atoms with Gasteiger partial charge in [-0.1, -0.05) is 35.1 Å². The Labute approximate surface area is 163 Å². The van der Waals surface area contributed by atoms with Crippen LogP contribution >= 0.6 is 22.9 Å². The first-order chi connectivity index (χ1) is 12.4.